The van der Waals surface area contributed by atoms with Crippen LogP contribution in [0.4, 0.5) is 13.2 Å². The van der Waals surface area contributed by atoms with Crippen molar-refractivity contribution in [3.05, 3.63) is 72.2 Å². The second kappa shape index (κ2) is 10.2. The molecule has 0 aromatic heterocycles. The highest BCUT2D eigenvalue weighted by Crippen LogP contribution is 2.29. The van der Waals surface area contributed by atoms with E-state index in [2.05, 4.69) is 32.2 Å². The number of aliphatic carboxylic acids is 1. The summed E-state index contributed by atoms with van der Waals surface area (Å²) in [7, 11) is 0. The lowest BCUT2D eigenvalue weighted by atomic mass is 9.99. The molecule has 2 aromatic carbocycles. The molecule has 7 heteroatoms. The van der Waals surface area contributed by atoms with Crippen molar-refractivity contribution in [2.75, 3.05) is 0 Å². The van der Waals surface area contributed by atoms with Crippen molar-refractivity contribution in [2.45, 2.75) is 26.3 Å². The van der Waals surface area contributed by atoms with Crippen LogP contribution in [-0.2, 0) is 4.79 Å². The van der Waals surface area contributed by atoms with Crippen molar-refractivity contribution in [3.63, 3.8) is 0 Å². The Balaban J connectivity index is 0.00000114. The van der Waals surface area contributed by atoms with Crippen molar-refractivity contribution < 1.29 is 23.1 Å². The van der Waals surface area contributed by atoms with E-state index in [9.17, 15) is 23.1 Å². The summed E-state index contributed by atoms with van der Waals surface area (Å²) < 4.78 is 40.7. The highest BCUT2D eigenvalue weighted by Gasteiger charge is 2.28. The average Bonchev–Trinajstić information content (AvgIpc) is 2.63. The molecule has 0 aliphatic carbocycles. The maximum Gasteiger partial charge on any atom is 0.333 e. The van der Waals surface area contributed by atoms with Crippen LogP contribution in [0.3, 0.4) is 0 Å². The van der Waals surface area contributed by atoms with E-state index in [1.807, 2.05) is 0 Å². The van der Waals surface area contributed by atoms with Crippen LogP contribution in [0.25, 0.3) is 11.1 Å². The van der Waals surface area contributed by atoms with E-state index in [4.69, 9.17) is 0 Å². The van der Waals surface area contributed by atoms with E-state index in [1.165, 1.54) is 24.6 Å². The second-order valence-corrected chi connectivity index (χ2v) is 5.52. The Bertz CT molecular complexity index is 817. The SMILES string of the molecule is C=CN(N=C)C(C(=O)O)c1ccc(-c2ccc(F)c(F)c2)cc1F.CCC. The molecule has 0 bridgehead atoms. The van der Waals surface area contributed by atoms with Crippen molar-refractivity contribution in [1.29, 1.82) is 0 Å². The predicted octanol–water partition coefficient (Wildman–Crippen LogP) is 5.37. The molecule has 0 saturated carbocycles. The molecule has 0 radical (unpaired) electrons. The highest BCUT2D eigenvalue weighted by atomic mass is 19.2. The van der Waals surface area contributed by atoms with E-state index < -0.39 is 29.5 Å². The smallest absolute Gasteiger partial charge is 0.333 e. The Hall–Kier alpha value is -3.09. The summed E-state index contributed by atoms with van der Waals surface area (Å²) in [6.07, 6.45) is 2.36. The molecule has 0 amide bonds. The number of carboxylic acids is 1. The molecule has 0 spiro atoms. The Morgan fingerprint density at radius 2 is 1.63 bits per heavy atom. The lowest BCUT2D eigenvalue weighted by molar-refractivity contribution is -0.142. The van der Waals surface area contributed by atoms with Crippen LogP contribution >= 0.6 is 0 Å². The molecule has 2 aromatic rings. The summed E-state index contributed by atoms with van der Waals surface area (Å²) >= 11 is 0. The number of nitrogens with zero attached hydrogens (tertiary/aromatic N) is 2. The Kier molecular flexibility index (Phi) is 8.26. The van der Waals surface area contributed by atoms with Crippen molar-refractivity contribution in [1.82, 2.24) is 5.01 Å². The van der Waals surface area contributed by atoms with Gasteiger partial charge in [0.25, 0.3) is 0 Å². The largest absolute Gasteiger partial charge is 0.479 e. The molecule has 4 nitrogen and oxygen atoms in total. The third-order valence-electron chi connectivity index (χ3n) is 3.40. The van der Waals surface area contributed by atoms with Crippen molar-refractivity contribution in [2.24, 2.45) is 5.10 Å². The monoisotopic (exact) mass is 378 g/mol. The van der Waals surface area contributed by atoms with Gasteiger partial charge in [0.05, 0.1) is 0 Å². The number of hydrogen-bond donors (Lipinski definition) is 1. The number of halogens is 3. The fourth-order valence-corrected chi connectivity index (χ4v) is 2.24. The standard InChI is InChI=1S/C17H13F3N2O2.C3H8/c1-3-22(21-2)16(17(23)24)12-6-4-10(8-14(12)19)11-5-7-13(18)15(20)9-11;1-3-2/h3-9,16H,1-2H2,(H,23,24);3H2,1-2H3. The average molecular weight is 378 g/mol. The molecular weight excluding hydrogens is 357 g/mol. The molecule has 0 fully saturated rings. The zero-order chi connectivity index (χ0) is 20.6. The quantitative estimate of drug-likeness (QED) is 0.543. The van der Waals surface area contributed by atoms with Crippen LogP contribution in [0, 0.1) is 17.5 Å². The number of hydrogen-bond acceptors (Lipinski definition) is 3. The fraction of sp³-hybridized carbons (Fsp3) is 0.200. The van der Waals surface area contributed by atoms with E-state index >= 15 is 0 Å². The van der Waals surface area contributed by atoms with Crippen LogP contribution in [-0.4, -0.2) is 22.8 Å². The lowest BCUT2D eigenvalue weighted by Gasteiger charge is -2.22. The van der Waals surface area contributed by atoms with Gasteiger partial charge in [-0.3, -0.25) is 5.01 Å². The van der Waals surface area contributed by atoms with Gasteiger partial charge in [0.2, 0.25) is 0 Å². The molecule has 0 heterocycles. The summed E-state index contributed by atoms with van der Waals surface area (Å²) in [5.74, 6) is -4.25. The van der Waals surface area contributed by atoms with Gasteiger partial charge in [-0.2, -0.15) is 5.10 Å². The summed E-state index contributed by atoms with van der Waals surface area (Å²) in [5.41, 5.74) is 0.366. The first kappa shape index (κ1) is 22.0. The third-order valence-corrected chi connectivity index (χ3v) is 3.40. The maximum atomic E-state index is 14.4. The first-order chi connectivity index (χ1) is 12.8. The first-order valence-electron chi connectivity index (χ1n) is 8.15. The zero-order valence-electron chi connectivity index (χ0n) is 15.1. The summed E-state index contributed by atoms with van der Waals surface area (Å²) in [6, 6.07) is 5.40. The van der Waals surface area contributed by atoms with E-state index in [0.717, 1.165) is 29.4 Å². The van der Waals surface area contributed by atoms with Gasteiger partial charge in [-0.05, 0) is 29.3 Å². The summed E-state index contributed by atoms with van der Waals surface area (Å²) in [4.78, 5) is 11.4. The molecule has 1 N–H and O–H groups in total. The minimum atomic E-state index is -1.45. The van der Waals surface area contributed by atoms with Gasteiger partial charge >= 0.3 is 5.97 Å². The molecule has 0 aliphatic rings. The number of carboxylic acid groups (broad SMARTS) is 1. The van der Waals surface area contributed by atoms with Gasteiger partial charge in [0.15, 0.2) is 17.7 Å². The van der Waals surface area contributed by atoms with Gasteiger partial charge in [0.1, 0.15) is 5.82 Å². The molecule has 27 heavy (non-hydrogen) atoms. The van der Waals surface area contributed by atoms with E-state index in [1.54, 1.807) is 0 Å². The Labute approximate surface area is 156 Å². The molecule has 2 rings (SSSR count). The molecule has 0 aliphatic heterocycles. The van der Waals surface area contributed by atoms with Crippen LogP contribution in [0.2, 0.25) is 0 Å². The number of rotatable bonds is 6. The molecule has 1 atom stereocenters. The van der Waals surface area contributed by atoms with Crippen LogP contribution < -0.4 is 0 Å². The molecule has 1 unspecified atom stereocenters. The van der Waals surface area contributed by atoms with Crippen LogP contribution in [0.15, 0.2) is 54.3 Å². The number of benzene rings is 2. The number of carbonyl (C=O) groups is 1. The van der Waals surface area contributed by atoms with Gasteiger partial charge < -0.3 is 5.11 Å². The Morgan fingerprint density at radius 1 is 1.11 bits per heavy atom. The topological polar surface area (TPSA) is 52.9 Å². The van der Waals surface area contributed by atoms with Crippen molar-refractivity contribution >= 4 is 12.7 Å². The normalized spacial score (nSPS) is 11.0. The minimum Gasteiger partial charge on any atom is -0.479 e. The highest BCUT2D eigenvalue weighted by molar-refractivity contribution is 5.76. The van der Waals surface area contributed by atoms with Gasteiger partial charge in [-0.25, -0.2) is 18.0 Å². The lowest BCUT2D eigenvalue weighted by Crippen LogP contribution is -2.26. The summed E-state index contributed by atoms with van der Waals surface area (Å²) in [6.45, 7) is 10.9. The Morgan fingerprint density at radius 3 is 2.04 bits per heavy atom. The van der Waals surface area contributed by atoms with Gasteiger partial charge in [-0.1, -0.05) is 45.0 Å². The van der Waals surface area contributed by atoms with Gasteiger partial charge in [0, 0.05) is 18.5 Å². The number of hydrazone groups is 1. The first-order valence-corrected chi connectivity index (χ1v) is 8.15. The summed E-state index contributed by atoms with van der Waals surface area (Å²) in [5, 5.41) is 13.7. The minimum absolute atomic E-state index is 0.166. The maximum absolute atomic E-state index is 14.4. The predicted molar refractivity (Wildman–Crippen MR) is 99.7 cm³/mol. The third kappa shape index (κ3) is 5.44. The van der Waals surface area contributed by atoms with Crippen LogP contribution in [0.1, 0.15) is 31.9 Å². The molecular formula is C20H21F3N2O2. The zero-order valence-corrected chi connectivity index (χ0v) is 15.1. The van der Waals surface area contributed by atoms with E-state index in [-0.39, 0.29) is 16.7 Å². The van der Waals surface area contributed by atoms with E-state index in [0.29, 0.717) is 0 Å². The fourth-order valence-electron chi connectivity index (χ4n) is 2.24. The second-order valence-electron chi connectivity index (χ2n) is 5.52. The van der Waals surface area contributed by atoms with Gasteiger partial charge in [-0.15, -0.1) is 0 Å². The molecule has 144 valence electrons. The molecule has 0 saturated heterocycles. The van der Waals surface area contributed by atoms with Crippen LogP contribution in [0.5, 0.6) is 0 Å². The van der Waals surface area contributed by atoms with Crippen molar-refractivity contribution in [3.8, 4) is 11.1 Å².